The van der Waals surface area contributed by atoms with Crippen LogP contribution in [-0.2, 0) is 14.3 Å². The number of nitrogens with one attached hydrogen (secondary N) is 1. The normalized spacial score (nSPS) is 23.7. The van der Waals surface area contributed by atoms with Gasteiger partial charge in [0.2, 0.25) is 0 Å². The quantitative estimate of drug-likeness (QED) is 0.766. The molecule has 1 N–H and O–H groups in total. The summed E-state index contributed by atoms with van der Waals surface area (Å²) in [6, 6.07) is -0.183. The molecule has 1 heterocycles. The fourth-order valence-corrected chi connectivity index (χ4v) is 2.20. The molecule has 1 rings (SSSR count). The van der Waals surface area contributed by atoms with E-state index in [1.165, 1.54) is 0 Å². The number of piperidine rings is 1. The predicted octanol–water partition coefficient (Wildman–Crippen LogP) is 2.12. The highest BCUT2D eigenvalue weighted by Gasteiger charge is 2.38. The van der Waals surface area contributed by atoms with E-state index in [1.807, 2.05) is 13.8 Å². The molecule has 1 atom stereocenters. The van der Waals surface area contributed by atoms with E-state index >= 15 is 0 Å². The van der Waals surface area contributed by atoms with Crippen LogP contribution in [0.15, 0.2) is 0 Å². The summed E-state index contributed by atoms with van der Waals surface area (Å²) in [5.41, 5.74) is -0.262. The number of carbonyl (C=O) groups excluding carboxylic acids is 1. The lowest BCUT2D eigenvalue weighted by Crippen LogP contribution is -2.52. The van der Waals surface area contributed by atoms with Crippen LogP contribution in [0.4, 0.5) is 0 Å². The summed E-state index contributed by atoms with van der Waals surface area (Å²) in [6.45, 7) is 9.52. The van der Waals surface area contributed by atoms with Crippen molar-refractivity contribution in [2.24, 2.45) is 5.41 Å². The first-order valence-electron chi connectivity index (χ1n) is 6.74. The largest absolute Gasteiger partial charge is 0.464 e. The third-order valence-corrected chi connectivity index (χ3v) is 3.86. The van der Waals surface area contributed by atoms with Gasteiger partial charge in [0.1, 0.15) is 6.04 Å². The molecular formula is C14H27NO3. The number of esters is 1. The van der Waals surface area contributed by atoms with Crippen molar-refractivity contribution in [1.29, 1.82) is 0 Å². The van der Waals surface area contributed by atoms with Crippen LogP contribution in [0.1, 0.15) is 47.0 Å². The minimum atomic E-state index is -0.240. The standard InChI is InChI=1S/C14H27NO3/c1-13(2)7-6-9-15-11(13)12(16)18-10-8-14(3,4)17-5/h11,15H,6-10H2,1-5H3. The molecule has 1 aliphatic heterocycles. The zero-order valence-corrected chi connectivity index (χ0v) is 12.3. The summed E-state index contributed by atoms with van der Waals surface area (Å²) < 4.78 is 10.7. The van der Waals surface area contributed by atoms with E-state index in [-0.39, 0.29) is 23.0 Å². The lowest BCUT2D eigenvalue weighted by molar-refractivity contribution is -0.152. The van der Waals surface area contributed by atoms with Gasteiger partial charge in [-0.2, -0.15) is 0 Å². The Kier molecular flexibility index (Phi) is 5.17. The highest BCUT2D eigenvalue weighted by atomic mass is 16.5. The maximum atomic E-state index is 12.1. The van der Waals surface area contributed by atoms with Crippen LogP contribution in [0, 0.1) is 5.41 Å². The number of hydrogen-bond acceptors (Lipinski definition) is 4. The molecule has 0 bridgehead atoms. The first kappa shape index (κ1) is 15.4. The second-order valence-corrected chi connectivity index (χ2v) is 6.36. The van der Waals surface area contributed by atoms with Crippen LogP contribution >= 0.6 is 0 Å². The summed E-state index contributed by atoms with van der Waals surface area (Å²) in [7, 11) is 1.67. The summed E-state index contributed by atoms with van der Waals surface area (Å²) in [5.74, 6) is -0.133. The van der Waals surface area contributed by atoms with E-state index < -0.39 is 0 Å². The Bertz CT molecular complexity index is 287. The zero-order chi connectivity index (χ0) is 13.8. The SMILES string of the molecule is COC(C)(C)CCOC(=O)C1NCCCC1(C)C. The van der Waals surface area contributed by atoms with Gasteiger partial charge in [0.15, 0.2) is 0 Å². The van der Waals surface area contributed by atoms with Crippen molar-refractivity contribution < 1.29 is 14.3 Å². The van der Waals surface area contributed by atoms with Gasteiger partial charge < -0.3 is 14.8 Å². The molecule has 4 nitrogen and oxygen atoms in total. The molecule has 0 radical (unpaired) electrons. The molecule has 0 aliphatic carbocycles. The highest BCUT2D eigenvalue weighted by Crippen LogP contribution is 2.30. The van der Waals surface area contributed by atoms with Crippen LogP contribution in [0.5, 0.6) is 0 Å². The van der Waals surface area contributed by atoms with Crippen molar-refractivity contribution in [3.8, 4) is 0 Å². The summed E-state index contributed by atoms with van der Waals surface area (Å²) in [5, 5.41) is 3.26. The Morgan fingerprint density at radius 1 is 1.44 bits per heavy atom. The first-order valence-corrected chi connectivity index (χ1v) is 6.74. The second-order valence-electron chi connectivity index (χ2n) is 6.36. The van der Waals surface area contributed by atoms with Crippen molar-refractivity contribution in [2.45, 2.75) is 58.6 Å². The predicted molar refractivity (Wildman–Crippen MR) is 71.5 cm³/mol. The third-order valence-electron chi connectivity index (χ3n) is 3.86. The average molecular weight is 257 g/mol. The van der Waals surface area contributed by atoms with E-state index in [4.69, 9.17) is 9.47 Å². The van der Waals surface area contributed by atoms with Crippen LogP contribution in [-0.4, -0.2) is 37.9 Å². The van der Waals surface area contributed by atoms with Gasteiger partial charge >= 0.3 is 5.97 Å². The summed E-state index contributed by atoms with van der Waals surface area (Å²) in [6.07, 6.45) is 2.89. The van der Waals surface area contributed by atoms with Crippen molar-refractivity contribution in [3.05, 3.63) is 0 Å². The molecule has 4 heteroatoms. The molecule has 18 heavy (non-hydrogen) atoms. The number of ether oxygens (including phenoxy) is 2. The van der Waals surface area contributed by atoms with Crippen molar-refractivity contribution >= 4 is 5.97 Å². The van der Waals surface area contributed by atoms with Gasteiger partial charge in [-0.15, -0.1) is 0 Å². The van der Waals surface area contributed by atoms with E-state index in [1.54, 1.807) is 7.11 Å². The Hall–Kier alpha value is -0.610. The Balaban J connectivity index is 2.41. The maximum Gasteiger partial charge on any atom is 0.323 e. The molecule has 0 aromatic heterocycles. The van der Waals surface area contributed by atoms with E-state index in [9.17, 15) is 4.79 Å². The monoisotopic (exact) mass is 257 g/mol. The van der Waals surface area contributed by atoms with Crippen LogP contribution in [0.25, 0.3) is 0 Å². The Morgan fingerprint density at radius 3 is 2.67 bits per heavy atom. The minimum absolute atomic E-state index is 0.0217. The van der Waals surface area contributed by atoms with Gasteiger partial charge in [0.05, 0.1) is 12.2 Å². The van der Waals surface area contributed by atoms with Crippen LogP contribution in [0.2, 0.25) is 0 Å². The fraction of sp³-hybridized carbons (Fsp3) is 0.929. The molecule has 1 unspecified atom stereocenters. The molecule has 1 fully saturated rings. The van der Waals surface area contributed by atoms with Gasteiger partial charge in [0, 0.05) is 13.5 Å². The lowest BCUT2D eigenvalue weighted by atomic mass is 9.77. The topological polar surface area (TPSA) is 47.6 Å². The second kappa shape index (κ2) is 6.02. The number of carbonyl (C=O) groups is 1. The van der Waals surface area contributed by atoms with Crippen molar-refractivity contribution in [2.75, 3.05) is 20.3 Å². The molecule has 0 aromatic rings. The molecule has 0 saturated carbocycles. The average Bonchev–Trinajstić information content (AvgIpc) is 2.28. The Labute approximate surface area is 110 Å². The molecule has 0 spiro atoms. The lowest BCUT2D eigenvalue weighted by Gasteiger charge is -2.37. The number of hydrogen-bond donors (Lipinski definition) is 1. The van der Waals surface area contributed by atoms with Crippen LogP contribution < -0.4 is 5.32 Å². The molecular weight excluding hydrogens is 230 g/mol. The molecule has 1 aliphatic rings. The maximum absolute atomic E-state index is 12.1. The van der Waals surface area contributed by atoms with E-state index in [0.717, 1.165) is 19.4 Å². The molecule has 1 saturated heterocycles. The zero-order valence-electron chi connectivity index (χ0n) is 12.3. The van der Waals surface area contributed by atoms with E-state index in [2.05, 4.69) is 19.2 Å². The smallest absolute Gasteiger partial charge is 0.323 e. The van der Waals surface area contributed by atoms with E-state index in [0.29, 0.717) is 13.0 Å². The minimum Gasteiger partial charge on any atom is -0.464 e. The highest BCUT2D eigenvalue weighted by molar-refractivity contribution is 5.77. The van der Waals surface area contributed by atoms with Gasteiger partial charge in [-0.3, -0.25) is 4.79 Å². The summed E-state index contributed by atoms with van der Waals surface area (Å²) in [4.78, 5) is 12.1. The van der Waals surface area contributed by atoms with Crippen molar-refractivity contribution in [1.82, 2.24) is 5.32 Å². The molecule has 0 amide bonds. The van der Waals surface area contributed by atoms with Gasteiger partial charge in [0.25, 0.3) is 0 Å². The molecule has 0 aromatic carbocycles. The number of rotatable bonds is 5. The molecule has 106 valence electrons. The third kappa shape index (κ3) is 4.25. The fourth-order valence-electron chi connectivity index (χ4n) is 2.20. The van der Waals surface area contributed by atoms with Gasteiger partial charge in [-0.1, -0.05) is 13.8 Å². The Morgan fingerprint density at radius 2 is 2.11 bits per heavy atom. The summed E-state index contributed by atoms with van der Waals surface area (Å²) >= 11 is 0. The van der Waals surface area contributed by atoms with Gasteiger partial charge in [-0.25, -0.2) is 0 Å². The number of methoxy groups -OCH3 is 1. The van der Waals surface area contributed by atoms with Crippen molar-refractivity contribution in [3.63, 3.8) is 0 Å². The van der Waals surface area contributed by atoms with Crippen LogP contribution in [0.3, 0.4) is 0 Å². The van der Waals surface area contributed by atoms with Gasteiger partial charge in [-0.05, 0) is 38.6 Å². The first-order chi connectivity index (χ1) is 8.28.